The number of rotatable bonds is 3. The molecule has 0 atom stereocenters. The predicted molar refractivity (Wildman–Crippen MR) is 57.9 cm³/mol. The standard InChI is InChI=1S/C13H4O4/c1-3-7-11(15)13(17)9-6-5-8-12(16)10(14)4-2/h1-2H,7H2. The van der Waals surface area contributed by atoms with Crippen LogP contribution in [0.4, 0.5) is 0 Å². The fraction of sp³-hybridized carbons (Fsp3) is 0.0769. The highest BCUT2D eigenvalue weighted by atomic mass is 16.2. The Balaban J connectivity index is 4.58. The molecule has 80 valence electrons. The first-order chi connectivity index (χ1) is 8.02. The van der Waals surface area contributed by atoms with Crippen LogP contribution in [-0.4, -0.2) is 23.1 Å². The molecule has 0 spiro atoms. The molecule has 0 saturated heterocycles. The van der Waals surface area contributed by atoms with E-state index in [2.05, 4.69) is 6.42 Å². The van der Waals surface area contributed by atoms with Crippen molar-refractivity contribution in [1.29, 1.82) is 0 Å². The summed E-state index contributed by atoms with van der Waals surface area (Å²) < 4.78 is 0. The van der Waals surface area contributed by atoms with E-state index >= 15 is 0 Å². The Morgan fingerprint density at radius 1 is 0.824 bits per heavy atom. The summed E-state index contributed by atoms with van der Waals surface area (Å²) >= 11 is 0. The van der Waals surface area contributed by atoms with Gasteiger partial charge in [0.1, 0.15) is 0 Å². The van der Waals surface area contributed by atoms with E-state index in [4.69, 9.17) is 6.42 Å². The molecule has 0 aromatic rings. The zero-order valence-corrected chi connectivity index (χ0v) is 8.49. The van der Waals surface area contributed by atoms with Gasteiger partial charge in [0.15, 0.2) is 0 Å². The minimum absolute atomic E-state index is 0.352. The molecule has 0 saturated carbocycles. The van der Waals surface area contributed by atoms with Crippen LogP contribution in [0.25, 0.3) is 0 Å². The number of hydrogen-bond acceptors (Lipinski definition) is 4. The summed E-state index contributed by atoms with van der Waals surface area (Å²) in [6, 6.07) is 0. The monoisotopic (exact) mass is 224 g/mol. The third kappa shape index (κ3) is 5.38. The van der Waals surface area contributed by atoms with Gasteiger partial charge >= 0.3 is 0 Å². The Bertz CT molecular complexity index is 586. The van der Waals surface area contributed by atoms with Gasteiger partial charge in [-0.3, -0.25) is 19.2 Å². The second kappa shape index (κ2) is 7.24. The van der Waals surface area contributed by atoms with E-state index < -0.39 is 23.1 Å². The van der Waals surface area contributed by atoms with Crippen molar-refractivity contribution in [3.05, 3.63) is 0 Å². The highest BCUT2D eigenvalue weighted by molar-refractivity contribution is 6.49. The molecule has 4 heteroatoms. The number of carbonyl (C=O) groups excluding carboxylic acids is 4. The first-order valence-corrected chi connectivity index (χ1v) is 4.10. The highest BCUT2D eigenvalue weighted by Gasteiger charge is 2.08. The molecule has 0 aliphatic rings. The number of ketones is 4. The van der Waals surface area contributed by atoms with Crippen LogP contribution in [0.15, 0.2) is 0 Å². The van der Waals surface area contributed by atoms with E-state index in [9.17, 15) is 19.2 Å². The molecular formula is C13H4O4. The van der Waals surface area contributed by atoms with E-state index in [0.717, 1.165) is 0 Å². The summed E-state index contributed by atoms with van der Waals surface area (Å²) in [4.78, 5) is 43.0. The van der Waals surface area contributed by atoms with Crippen LogP contribution in [0.3, 0.4) is 0 Å². The summed E-state index contributed by atoms with van der Waals surface area (Å²) in [5.74, 6) is 7.02. The Morgan fingerprint density at radius 2 is 1.35 bits per heavy atom. The molecule has 0 aliphatic heterocycles. The Morgan fingerprint density at radius 3 is 1.82 bits per heavy atom. The molecule has 0 aromatic carbocycles. The normalized spacial score (nSPS) is 6.94. The smallest absolute Gasteiger partial charge is 0.285 e. The lowest BCUT2D eigenvalue weighted by Gasteiger charge is -1.82. The van der Waals surface area contributed by atoms with Gasteiger partial charge in [0.25, 0.3) is 17.3 Å². The largest absolute Gasteiger partial charge is 0.289 e. The lowest BCUT2D eigenvalue weighted by Crippen LogP contribution is -2.09. The van der Waals surface area contributed by atoms with Gasteiger partial charge in [-0.05, 0) is 29.6 Å². The van der Waals surface area contributed by atoms with Gasteiger partial charge in [-0.2, -0.15) is 0 Å². The topological polar surface area (TPSA) is 68.3 Å². The van der Waals surface area contributed by atoms with Crippen molar-refractivity contribution in [2.75, 3.05) is 0 Å². The molecule has 17 heavy (non-hydrogen) atoms. The van der Waals surface area contributed by atoms with Crippen LogP contribution >= 0.6 is 0 Å². The molecule has 0 bridgehead atoms. The summed E-state index contributed by atoms with van der Waals surface area (Å²) in [5, 5.41) is 0. The zero-order valence-electron chi connectivity index (χ0n) is 8.49. The second-order valence-electron chi connectivity index (χ2n) is 2.44. The molecule has 0 fully saturated rings. The third-order valence-electron chi connectivity index (χ3n) is 1.27. The van der Waals surface area contributed by atoms with Crippen molar-refractivity contribution in [2.24, 2.45) is 0 Å². The SMILES string of the molecule is C#CCC(=O)C(=O)C#CC#CC(=O)C(=O)C#C. The van der Waals surface area contributed by atoms with Crippen LogP contribution < -0.4 is 0 Å². The number of Topliss-reactive ketones (excluding diaryl/α,β-unsaturated/α-hetero) is 4. The van der Waals surface area contributed by atoms with Gasteiger partial charge in [0.05, 0.1) is 6.42 Å². The van der Waals surface area contributed by atoms with Gasteiger partial charge in [0, 0.05) is 0 Å². The number of hydrogen-bond donors (Lipinski definition) is 0. The van der Waals surface area contributed by atoms with Crippen molar-refractivity contribution in [3.8, 4) is 48.4 Å². The second-order valence-corrected chi connectivity index (χ2v) is 2.44. The first-order valence-electron chi connectivity index (χ1n) is 4.10. The van der Waals surface area contributed by atoms with Crippen LogP contribution in [-0.2, 0) is 19.2 Å². The molecule has 0 aliphatic carbocycles. The summed E-state index contributed by atoms with van der Waals surface area (Å²) in [7, 11) is 0. The molecule has 0 radical (unpaired) electrons. The minimum atomic E-state index is -1.11. The minimum Gasteiger partial charge on any atom is -0.289 e. The van der Waals surface area contributed by atoms with E-state index in [1.54, 1.807) is 11.8 Å². The maximum Gasteiger partial charge on any atom is 0.285 e. The van der Waals surface area contributed by atoms with E-state index in [1.807, 2.05) is 23.7 Å². The van der Waals surface area contributed by atoms with E-state index in [1.165, 1.54) is 0 Å². The van der Waals surface area contributed by atoms with Gasteiger partial charge in [0.2, 0.25) is 5.78 Å². The van der Waals surface area contributed by atoms with Crippen molar-refractivity contribution in [2.45, 2.75) is 6.42 Å². The average Bonchev–Trinajstić information content (AvgIpc) is 2.33. The van der Waals surface area contributed by atoms with Crippen LogP contribution in [0.2, 0.25) is 0 Å². The van der Waals surface area contributed by atoms with Crippen molar-refractivity contribution in [3.63, 3.8) is 0 Å². The lowest BCUT2D eigenvalue weighted by atomic mass is 10.2. The van der Waals surface area contributed by atoms with Crippen molar-refractivity contribution >= 4 is 23.1 Å². The molecule has 0 amide bonds. The maximum absolute atomic E-state index is 10.9. The van der Waals surface area contributed by atoms with Gasteiger partial charge < -0.3 is 0 Å². The van der Waals surface area contributed by atoms with Gasteiger partial charge in [-0.25, -0.2) is 0 Å². The highest BCUT2D eigenvalue weighted by Crippen LogP contribution is 1.81. The van der Waals surface area contributed by atoms with E-state index in [-0.39, 0.29) is 6.42 Å². The number of terminal acetylenes is 2. The fourth-order valence-electron chi connectivity index (χ4n) is 0.541. The average molecular weight is 224 g/mol. The van der Waals surface area contributed by atoms with Gasteiger partial charge in [-0.15, -0.1) is 12.8 Å². The van der Waals surface area contributed by atoms with Crippen LogP contribution in [0, 0.1) is 48.4 Å². The summed E-state index contributed by atoms with van der Waals surface area (Å²) in [5.41, 5.74) is 0. The molecule has 4 nitrogen and oxygen atoms in total. The van der Waals surface area contributed by atoms with Crippen LogP contribution in [0.1, 0.15) is 6.42 Å². The molecule has 0 N–H and O–H groups in total. The maximum atomic E-state index is 10.9. The quantitative estimate of drug-likeness (QED) is 0.347. The summed E-state index contributed by atoms with van der Waals surface area (Å²) in [6.45, 7) is 0. The first kappa shape index (κ1) is 13.9. The summed E-state index contributed by atoms with van der Waals surface area (Å²) in [6.07, 6.45) is 9.12. The lowest BCUT2D eigenvalue weighted by molar-refractivity contribution is -0.132. The molecule has 0 rings (SSSR count). The Hall–Kier alpha value is -3.08. The third-order valence-corrected chi connectivity index (χ3v) is 1.27. The fourth-order valence-corrected chi connectivity index (χ4v) is 0.541. The molecule has 0 heterocycles. The molecule has 0 aromatic heterocycles. The Labute approximate surface area is 97.8 Å². The van der Waals surface area contributed by atoms with Crippen LogP contribution in [0.5, 0.6) is 0 Å². The number of carbonyl (C=O) groups is 4. The van der Waals surface area contributed by atoms with Crippen molar-refractivity contribution < 1.29 is 19.2 Å². The molecule has 0 unspecified atom stereocenters. The Kier molecular flexibility index (Phi) is 5.93. The van der Waals surface area contributed by atoms with Crippen molar-refractivity contribution in [1.82, 2.24) is 0 Å². The molecular weight excluding hydrogens is 220 g/mol. The zero-order chi connectivity index (χ0) is 13.3. The predicted octanol–water partition coefficient (Wildman–Crippen LogP) is -1.07. The van der Waals surface area contributed by atoms with E-state index in [0.29, 0.717) is 0 Å². The van der Waals surface area contributed by atoms with Gasteiger partial charge in [-0.1, -0.05) is 5.92 Å².